The van der Waals surface area contributed by atoms with E-state index < -0.39 is 0 Å². The van der Waals surface area contributed by atoms with Crippen molar-refractivity contribution in [1.29, 1.82) is 5.26 Å². The Morgan fingerprint density at radius 1 is 1.33 bits per heavy atom. The van der Waals surface area contributed by atoms with Crippen LogP contribution in [0.25, 0.3) is 0 Å². The van der Waals surface area contributed by atoms with Crippen molar-refractivity contribution in [3.05, 3.63) is 16.8 Å². The number of aliphatic hydroxyl groups is 1. The fourth-order valence-electron chi connectivity index (χ4n) is 1.78. The molecule has 0 fully saturated rings. The summed E-state index contributed by atoms with van der Waals surface area (Å²) in [6, 6.07) is 2.25. The zero-order chi connectivity index (χ0) is 13.5. The smallest absolute Gasteiger partial charge is 0.137 e. The summed E-state index contributed by atoms with van der Waals surface area (Å²) >= 11 is 1.51. The van der Waals surface area contributed by atoms with E-state index in [9.17, 15) is 5.26 Å². The summed E-state index contributed by atoms with van der Waals surface area (Å²) in [6.07, 6.45) is 2.28. The van der Waals surface area contributed by atoms with Crippen LogP contribution in [0, 0.1) is 11.3 Å². The lowest BCUT2D eigenvalue weighted by atomic mass is 10.1. The van der Waals surface area contributed by atoms with E-state index in [4.69, 9.17) is 5.11 Å². The summed E-state index contributed by atoms with van der Waals surface area (Å²) in [5, 5.41) is 27.5. The Kier molecular flexibility index (Phi) is 6.10. The third-order valence-electron chi connectivity index (χ3n) is 2.77. The number of aliphatic hydroxyl groups excluding tert-OH is 1. The fourth-order valence-corrected chi connectivity index (χ4v) is 2.76. The van der Waals surface area contributed by atoms with Crippen molar-refractivity contribution in [1.82, 2.24) is 10.2 Å². The largest absolute Gasteiger partial charge is 0.396 e. The molecule has 0 amide bonds. The number of rotatable bonds is 6. The van der Waals surface area contributed by atoms with Gasteiger partial charge in [0, 0.05) is 11.9 Å². The summed E-state index contributed by atoms with van der Waals surface area (Å²) < 4.78 is 0. The highest BCUT2D eigenvalue weighted by molar-refractivity contribution is 7.99. The molecule has 1 N–H and O–H groups in total. The average Bonchev–Trinajstić information content (AvgIpc) is 2.38. The number of hydrogen-bond acceptors (Lipinski definition) is 5. The standard InChI is InChI=1S/C13H19N3OS/c1-4-10-11(8-14)13(16-15-12(10)5-2)18-9(3)6-7-17/h9,17H,4-7H2,1-3H3. The van der Waals surface area contributed by atoms with Crippen LogP contribution in [0.15, 0.2) is 5.03 Å². The first-order valence-corrected chi connectivity index (χ1v) is 7.11. The van der Waals surface area contributed by atoms with Gasteiger partial charge in [0.15, 0.2) is 0 Å². The number of nitrogens with zero attached hydrogens (tertiary/aromatic N) is 3. The van der Waals surface area contributed by atoms with Crippen molar-refractivity contribution in [2.75, 3.05) is 6.61 Å². The molecule has 5 heteroatoms. The number of hydrogen-bond donors (Lipinski definition) is 1. The van der Waals surface area contributed by atoms with Crippen LogP contribution >= 0.6 is 11.8 Å². The first-order valence-electron chi connectivity index (χ1n) is 6.23. The van der Waals surface area contributed by atoms with Crippen LogP contribution in [-0.4, -0.2) is 27.2 Å². The maximum Gasteiger partial charge on any atom is 0.137 e. The molecule has 0 saturated carbocycles. The minimum atomic E-state index is 0.150. The van der Waals surface area contributed by atoms with E-state index in [2.05, 4.69) is 16.3 Å². The average molecular weight is 265 g/mol. The van der Waals surface area contributed by atoms with Crippen molar-refractivity contribution >= 4 is 11.8 Å². The van der Waals surface area contributed by atoms with Gasteiger partial charge in [-0.1, -0.05) is 32.5 Å². The Balaban J connectivity index is 3.10. The van der Waals surface area contributed by atoms with Crippen LogP contribution in [0.2, 0.25) is 0 Å². The monoisotopic (exact) mass is 265 g/mol. The molecule has 1 rings (SSSR count). The first kappa shape index (κ1) is 14.9. The van der Waals surface area contributed by atoms with E-state index in [-0.39, 0.29) is 11.9 Å². The van der Waals surface area contributed by atoms with Crippen LogP contribution in [-0.2, 0) is 12.8 Å². The maximum absolute atomic E-state index is 9.31. The lowest BCUT2D eigenvalue weighted by molar-refractivity contribution is 0.289. The highest BCUT2D eigenvalue weighted by atomic mass is 32.2. The van der Waals surface area contributed by atoms with E-state index >= 15 is 0 Å². The first-order chi connectivity index (χ1) is 8.67. The highest BCUT2D eigenvalue weighted by Gasteiger charge is 2.16. The fraction of sp³-hybridized carbons (Fsp3) is 0.615. The molecule has 0 radical (unpaired) electrons. The molecule has 1 atom stereocenters. The lowest BCUT2D eigenvalue weighted by Crippen LogP contribution is -2.07. The summed E-state index contributed by atoms with van der Waals surface area (Å²) in [5.41, 5.74) is 2.57. The molecule has 0 spiro atoms. The Labute approximate surface area is 112 Å². The normalized spacial score (nSPS) is 12.2. The van der Waals surface area contributed by atoms with Gasteiger partial charge in [-0.05, 0) is 24.8 Å². The second-order valence-electron chi connectivity index (χ2n) is 4.07. The molecular weight excluding hydrogens is 246 g/mol. The topological polar surface area (TPSA) is 69.8 Å². The summed E-state index contributed by atoms with van der Waals surface area (Å²) in [6.45, 7) is 6.22. The molecule has 1 aromatic heterocycles. The molecule has 1 unspecified atom stereocenters. The Hall–Kier alpha value is -1.12. The number of aromatic nitrogens is 2. The Morgan fingerprint density at radius 3 is 2.56 bits per heavy atom. The molecule has 0 aromatic carbocycles. The molecule has 0 bridgehead atoms. The molecule has 0 aliphatic rings. The van der Waals surface area contributed by atoms with Crippen molar-refractivity contribution < 1.29 is 5.11 Å². The van der Waals surface area contributed by atoms with Crippen molar-refractivity contribution in [3.8, 4) is 6.07 Å². The molecule has 0 aliphatic carbocycles. The van der Waals surface area contributed by atoms with E-state index in [1.54, 1.807) is 0 Å². The molecule has 0 saturated heterocycles. The van der Waals surface area contributed by atoms with Crippen LogP contribution in [0.1, 0.15) is 44.0 Å². The number of thioether (sulfide) groups is 1. The third kappa shape index (κ3) is 3.44. The molecule has 4 nitrogen and oxygen atoms in total. The number of nitriles is 1. The predicted molar refractivity (Wildman–Crippen MR) is 72.5 cm³/mol. The Bertz CT molecular complexity index is 443. The zero-order valence-electron chi connectivity index (χ0n) is 11.1. The van der Waals surface area contributed by atoms with E-state index in [1.165, 1.54) is 11.8 Å². The predicted octanol–water partition coefficient (Wildman–Crippen LogP) is 2.34. The van der Waals surface area contributed by atoms with Crippen LogP contribution in [0.5, 0.6) is 0 Å². The minimum Gasteiger partial charge on any atom is -0.396 e. The third-order valence-corrected chi connectivity index (χ3v) is 3.92. The highest BCUT2D eigenvalue weighted by Crippen LogP contribution is 2.28. The van der Waals surface area contributed by atoms with Crippen molar-refractivity contribution in [2.24, 2.45) is 0 Å². The molecule has 1 heterocycles. The van der Waals surface area contributed by atoms with Crippen LogP contribution < -0.4 is 0 Å². The van der Waals surface area contributed by atoms with E-state index in [0.717, 1.165) is 24.1 Å². The lowest BCUT2D eigenvalue weighted by Gasteiger charge is -2.13. The molecule has 18 heavy (non-hydrogen) atoms. The van der Waals surface area contributed by atoms with Gasteiger partial charge in [-0.15, -0.1) is 5.10 Å². The minimum absolute atomic E-state index is 0.150. The van der Waals surface area contributed by atoms with Gasteiger partial charge in [0.05, 0.1) is 11.3 Å². The number of aryl methyl sites for hydroxylation is 1. The van der Waals surface area contributed by atoms with Gasteiger partial charge in [-0.3, -0.25) is 0 Å². The van der Waals surface area contributed by atoms with Gasteiger partial charge in [-0.2, -0.15) is 10.4 Å². The van der Waals surface area contributed by atoms with Gasteiger partial charge in [-0.25, -0.2) is 0 Å². The molecule has 1 aromatic rings. The van der Waals surface area contributed by atoms with Gasteiger partial charge in [0.2, 0.25) is 0 Å². The SMILES string of the molecule is CCc1nnc(SC(C)CCO)c(C#N)c1CC. The van der Waals surface area contributed by atoms with E-state index in [1.807, 2.05) is 20.8 Å². The Morgan fingerprint density at radius 2 is 2.06 bits per heavy atom. The molecular formula is C13H19N3OS. The molecule has 98 valence electrons. The van der Waals surface area contributed by atoms with Gasteiger partial charge >= 0.3 is 0 Å². The molecule has 0 aliphatic heterocycles. The van der Waals surface area contributed by atoms with Crippen molar-refractivity contribution in [3.63, 3.8) is 0 Å². The van der Waals surface area contributed by atoms with Gasteiger partial charge < -0.3 is 5.11 Å². The van der Waals surface area contributed by atoms with E-state index in [0.29, 0.717) is 17.0 Å². The maximum atomic E-state index is 9.31. The van der Waals surface area contributed by atoms with Crippen molar-refractivity contribution in [2.45, 2.75) is 50.3 Å². The second-order valence-corrected chi connectivity index (χ2v) is 5.49. The zero-order valence-corrected chi connectivity index (χ0v) is 11.9. The summed E-state index contributed by atoms with van der Waals surface area (Å²) in [5.74, 6) is 0. The van der Waals surface area contributed by atoms with Crippen LogP contribution in [0.3, 0.4) is 0 Å². The van der Waals surface area contributed by atoms with Gasteiger partial charge in [0.1, 0.15) is 11.1 Å². The summed E-state index contributed by atoms with van der Waals surface area (Å²) in [4.78, 5) is 0. The summed E-state index contributed by atoms with van der Waals surface area (Å²) in [7, 11) is 0. The second kappa shape index (κ2) is 7.34. The van der Waals surface area contributed by atoms with Gasteiger partial charge in [0.25, 0.3) is 0 Å². The van der Waals surface area contributed by atoms with Crippen LogP contribution in [0.4, 0.5) is 0 Å². The quantitative estimate of drug-likeness (QED) is 0.799.